The fourth-order valence-electron chi connectivity index (χ4n) is 3.27. The Labute approximate surface area is 135 Å². The molecule has 1 aliphatic heterocycles. The average Bonchev–Trinajstić information content (AvgIpc) is 2.73. The average molecular weight is 315 g/mol. The van der Waals surface area contributed by atoms with Gasteiger partial charge < -0.3 is 0 Å². The van der Waals surface area contributed by atoms with E-state index >= 15 is 0 Å². The van der Waals surface area contributed by atoms with Crippen LogP contribution in [0.3, 0.4) is 0 Å². The van der Waals surface area contributed by atoms with Crippen LogP contribution in [0.2, 0.25) is 0 Å². The van der Waals surface area contributed by atoms with Crippen LogP contribution >= 0.6 is 11.8 Å². The van der Waals surface area contributed by atoms with Crippen molar-refractivity contribution in [2.75, 3.05) is 0 Å². The van der Waals surface area contributed by atoms with Crippen molar-refractivity contribution in [1.82, 2.24) is 5.32 Å². The summed E-state index contributed by atoms with van der Waals surface area (Å²) in [4.78, 5) is 23.4. The second-order valence-corrected chi connectivity index (χ2v) is 8.44. The zero-order chi connectivity index (χ0) is 16.1. The molecule has 1 heterocycles. The molecule has 1 aromatic carbocycles. The molecule has 0 bridgehead atoms. The van der Waals surface area contributed by atoms with Crippen molar-refractivity contribution >= 4 is 29.0 Å². The second kappa shape index (κ2) is 4.98. The van der Waals surface area contributed by atoms with E-state index in [0.717, 1.165) is 23.7 Å². The monoisotopic (exact) mass is 315 g/mol. The van der Waals surface area contributed by atoms with Gasteiger partial charge in [-0.15, -0.1) is 0 Å². The highest BCUT2D eigenvalue weighted by atomic mass is 32.2. The number of amides is 2. The number of carbonyl (C=O) groups excluding carboxylic acids is 2. The summed E-state index contributed by atoms with van der Waals surface area (Å²) in [7, 11) is 0. The van der Waals surface area contributed by atoms with E-state index in [1.54, 1.807) is 0 Å². The molecule has 0 radical (unpaired) electrons. The fourth-order valence-corrected chi connectivity index (χ4v) is 3.95. The molecule has 0 unspecified atom stereocenters. The van der Waals surface area contributed by atoms with Crippen LogP contribution < -0.4 is 5.32 Å². The zero-order valence-corrected chi connectivity index (χ0v) is 14.3. The van der Waals surface area contributed by atoms with Gasteiger partial charge in [-0.3, -0.25) is 14.9 Å². The van der Waals surface area contributed by atoms with Gasteiger partial charge in [0.25, 0.3) is 11.1 Å². The van der Waals surface area contributed by atoms with Gasteiger partial charge in [0.05, 0.1) is 4.91 Å². The summed E-state index contributed by atoms with van der Waals surface area (Å²) < 4.78 is 0. The number of thioether (sulfide) groups is 1. The maximum Gasteiger partial charge on any atom is 0.290 e. The summed E-state index contributed by atoms with van der Waals surface area (Å²) in [5.41, 5.74) is 4.06. The number of benzene rings is 1. The SMILES string of the molecule is CC1(C)CCC(C)(C)c2cc(/C=C3\SC(=O)NC3=O)ccc21. The molecule has 1 aromatic rings. The smallest absolute Gasteiger partial charge is 0.282 e. The Bertz CT molecular complexity index is 701. The Morgan fingerprint density at radius 2 is 1.68 bits per heavy atom. The minimum atomic E-state index is -0.299. The lowest BCUT2D eigenvalue weighted by Gasteiger charge is -2.42. The number of imide groups is 1. The van der Waals surface area contributed by atoms with E-state index < -0.39 is 0 Å². The minimum Gasteiger partial charge on any atom is -0.282 e. The predicted octanol–water partition coefficient (Wildman–Crippen LogP) is 4.36. The van der Waals surface area contributed by atoms with Crippen LogP contribution in [0, 0.1) is 0 Å². The predicted molar refractivity (Wildman–Crippen MR) is 90.8 cm³/mol. The van der Waals surface area contributed by atoms with Gasteiger partial charge in [-0.25, -0.2) is 0 Å². The maximum atomic E-state index is 11.7. The summed E-state index contributed by atoms with van der Waals surface area (Å²) in [6, 6.07) is 6.41. The lowest BCUT2D eigenvalue weighted by atomic mass is 9.63. The largest absolute Gasteiger partial charge is 0.290 e. The quantitative estimate of drug-likeness (QED) is 0.783. The topological polar surface area (TPSA) is 46.2 Å². The number of nitrogens with one attached hydrogen (secondary N) is 1. The molecule has 0 spiro atoms. The van der Waals surface area contributed by atoms with Crippen molar-refractivity contribution < 1.29 is 9.59 Å². The highest BCUT2D eigenvalue weighted by molar-refractivity contribution is 8.18. The minimum absolute atomic E-state index is 0.139. The Morgan fingerprint density at radius 3 is 2.27 bits per heavy atom. The molecule has 1 aliphatic carbocycles. The first-order chi connectivity index (χ1) is 10.2. The molecule has 22 heavy (non-hydrogen) atoms. The van der Waals surface area contributed by atoms with Crippen molar-refractivity contribution in [2.24, 2.45) is 0 Å². The molecule has 1 saturated heterocycles. The van der Waals surface area contributed by atoms with Gasteiger partial charge in [-0.05, 0) is 58.2 Å². The maximum absolute atomic E-state index is 11.7. The van der Waals surface area contributed by atoms with Gasteiger partial charge >= 0.3 is 0 Å². The van der Waals surface area contributed by atoms with E-state index in [0.29, 0.717) is 4.91 Å². The molecule has 116 valence electrons. The van der Waals surface area contributed by atoms with Crippen molar-refractivity contribution in [3.63, 3.8) is 0 Å². The van der Waals surface area contributed by atoms with Crippen LogP contribution in [0.1, 0.15) is 57.2 Å². The van der Waals surface area contributed by atoms with E-state index in [4.69, 9.17) is 0 Å². The van der Waals surface area contributed by atoms with Crippen LogP contribution in [-0.2, 0) is 15.6 Å². The number of fused-ring (bicyclic) bond motifs is 1. The third kappa shape index (κ3) is 2.60. The van der Waals surface area contributed by atoms with Crippen LogP contribution in [-0.4, -0.2) is 11.1 Å². The molecular formula is C18H21NO2S. The Morgan fingerprint density at radius 1 is 1.05 bits per heavy atom. The first-order valence-electron chi connectivity index (χ1n) is 7.59. The number of carbonyl (C=O) groups is 2. The summed E-state index contributed by atoms with van der Waals surface area (Å²) in [6.45, 7) is 9.13. The van der Waals surface area contributed by atoms with E-state index in [9.17, 15) is 9.59 Å². The molecule has 1 N–H and O–H groups in total. The molecule has 4 heteroatoms. The number of hydrogen-bond donors (Lipinski definition) is 1. The summed E-state index contributed by atoms with van der Waals surface area (Å²) in [5, 5.41) is 2.00. The van der Waals surface area contributed by atoms with Crippen molar-refractivity contribution in [2.45, 2.75) is 51.4 Å². The molecule has 1 fully saturated rings. The Balaban J connectivity index is 2.05. The highest BCUT2D eigenvalue weighted by Gasteiger charge is 2.37. The molecule has 2 aliphatic rings. The van der Waals surface area contributed by atoms with Gasteiger partial charge in [0.15, 0.2) is 0 Å². The van der Waals surface area contributed by atoms with Crippen molar-refractivity contribution in [1.29, 1.82) is 0 Å². The summed E-state index contributed by atoms with van der Waals surface area (Å²) >= 11 is 0.967. The van der Waals surface area contributed by atoms with Gasteiger partial charge in [0.2, 0.25) is 0 Å². The van der Waals surface area contributed by atoms with Gasteiger partial charge in [-0.2, -0.15) is 0 Å². The standard InChI is InChI=1S/C18H21NO2S/c1-17(2)7-8-18(3,4)13-9-11(5-6-12(13)17)10-14-15(20)19-16(21)22-14/h5-6,9-10H,7-8H2,1-4H3,(H,19,20,21)/b14-10-. The Kier molecular flexibility index (Phi) is 3.48. The van der Waals surface area contributed by atoms with Crippen LogP contribution in [0.5, 0.6) is 0 Å². The van der Waals surface area contributed by atoms with Gasteiger partial charge in [0, 0.05) is 0 Å². The molecule has 2 amide bonds. The summed E-state index contributed by atoms with van der Waals surface area (Å²) in [5.74, 6) is -0.299. The number of rotatable bonds is 1. The van der Waals surface area contributed by atoms with Gasteiger partial charge in [0.1, 0.15) is 0 Å². The lowest BCUT2D eigenvalue weighted by Crippen LogP contribution is -2.33. The van der Waals surface area contributed by atoms with Crippen LogP contribution in [0.4, 0.5) is 4.79 Å². The summed E-state index contributed by atoms with van der Waals surface area (Å²) in [6.07, 6.45) is 4.14. The van der Waals surface area contributed by atoms with Crippen LogP contribution in [0.25, 0.3) is 6.08 Å². The second-order valence-electron chi connectivity index (χ2n) is 7.43. The van der Waals surface area contributed by atoms with Crippen molar-refractivity contribution in [3.05, 3.63) is 39.8 Å². The van der Waals surface area contributed by atoms with Crippen LogP contribution in [0.15, 0.2) is 23.1 Å². The first kappa shape index (κ1) is 15.3. The van der Waals surface area contributed by atoms with E-state index in [2.05, 4.69) is 45.1 Å². The molecule has 0 aromatic heterocycles. The van der Waals surface area contributed by atoms with E-state index in [1.165, 1.54) is 17.5 Å². The van der Waals surface area contributed by atoms with E-state index in [-0.39, 0.29) is 22.0 Å². The molecular weight excluding hydrogens is 294 g/mol. The van der Waals surface area contributed by atoms with E-state index in [1.807, 2.05) is 12.1 Å². The molecule has 0 atom stereocenters. The normalized spacial score (nSPS) is 24.3. The first-order valence-corrected chi connectivity index (χ1v) is 8.41. The third-order valence-corrected chi connectivity index (χ3v) is 5.63. The Hall–Kier alpha value is -1.55. The van der Waals surface area contributed by atoms with Gasteiger partial charge in [-0.1, -0.05) is 45.9 Å². The zero-order valence-electron chi connectivity index (χ0n) is 13.4. The molecule has 0 saturated carbocycles. The number of hydrogen-bond acceptors (Lipinski definition) is 3. The molecule has 3 nitrogen and oxygen atoms in total. The molecule has 3 rings (SSSR count). The highest BCUT2D eigenvalue weighted by Crippen LogP contribution is 2.46. The fraction of sp³-hybridized carbons (Fsp3) is 0.444. The van der Waals surface area contributed by atoms with Crippen molar-refractivity contribution in [3.8, 4) is 0 Å². The lowest BCUT2D eigenvalue weighted by molar-refractivity contribution is -0.115. The third-order valence-electron chi connectivity index (χ3n) is 4.82.